The Morgan fingerprint density at radius 2 is 2.12 bits per heavy atom. The van der Waals surface area contributed by atoms with Crippen LogP contribution in [0.5, 0.6) is 0 Å². The lowest BCUT2D eigenvalue weighted by molar-refractivity contribution is 0.541. The molecule has 0 rings (SSSR count). The summed E-state index contributed by atoms with van der Waals surface area (Å²) in [5.74, 6) is 0.625. The summed E-state index contributed by atoms with van der Waals surface area (Å²) in [5, 5.41) is 3.17. The Kier molecular flexibility index (Phi) is 10.4. The first kappa shape index (κ1) is 15.8. The highest BCUT2D eigenvalue weighted by atomic mass is 14.8. The number of hydrogen-bond donors (Lipinski definition) is 1. The first-order chi connectivity index (χ1) is 8.29. The molecule has 0 spiro atoms. The van der Waals surface area contributed by atoms with E-state index >= 15 is 0 Å². The van der Waals surface area contributed by atoms with Gasteiger partial charge in [-0.15, -0.1) is 0 Å². The largest absolute Gasteiger partial charge is 0.391 e. The minimum Gasteiger partial charge on any atom is -0.391 e. The van der Waals surface area contributed by atoms with Crippen LogP contribution in [0.3, 0.4) is 0 Å². The highest BCUT2D eigenvalue weighted by Gasteiger charge is 2.08. The van der Waals surface area contributed by atoms with E-state index in [-0.39, 0.29) is 0 Å². The van der Waals surface area contributed by atoms with Crippen LogP contribution in [0, 0.1) is 5.92 Å². The number of allylic oxidation sites excluding steroid dienone is 6. The molecule has 0 radical (unpaired) electrons. The van der Waals surface area contributed by atoms with Crippen LogP contribution in [0.4, 0.5) is 0 Å². The molecule has 1 N–H and O–H groups in total. The van der Waals surface area contributed by atoms with Gasteiger partial charge in [-0.3, -0.25) is 0 Å². The van der Waals surface area contributed by atoms with E-state index in [1.807, 2.05) is 0 Å². The zero-order valence-corrected chi connectivity index (χ0v) is 11.6. The second-order valence-electron chi connectivity index (χ2n) is 4.06. The Bertz CT molecular complexity index is 271. The van der Waals surface area contributed by atoms with Gasteiger partial charge in [-0.1, -0.05) is 50.8 Å². The Hall–Kier alpha value is -1.24. The van der Waals surface area contributed by atoms with Gasteiger partial charge in [-0.25, -0.2) is 0 Å². The minimum absolute atomic E-state index is 0.625. The molecule has 17 heavy (non-hydrogen) atoms. The van der Waals surface area contributed by atoms with Gasteiger partial charge in [0.05, 0.1) is 0 Å². The molecule has 96 valence electrons. The van der Waals surface area contributed by atoms with Crippen molar-refractivity contribution in [1.29, 1.82) is 0 Å². The molecule has 1 heteroatoms. The average molecular weight is 233 g/mol. The van der Waals surface area contributed by atoms with Gasteiger partial charge in [0.25, 0.3) is 0 Å². The lowest BCUT2D eigenvalue weighted by Crippen LogP contribution is -2.13. The molecule has 0 aromatic heterocycles. The van der Waals surface area contributed by atoms with Crippen LogP contribution in [0.25, 0.3) is 0 Å². The van der Waals surface area contributed by atoms with Crippen LogP contribution in [-0.2, 0) is 0 Å². The van der Waals surface area contributed by atoms with E-state index < -0.39 is 0 Å². The Balaban J connectivity index is 4.55. The van der Waals surface area contributed by atoms with Crippen molar-refractivity contribution in [3.05, 3.63) is 48.7 Å². The second kappa shape index (κ2) is 11.3. The van der Waals surface area contributed by atoms with Gasteiger partial charge in [0.1, 0.15) is 0 Å². The van der Waals surface area contributed by atoms with Crippen molar-refractivity contribution in [3.63, 3.8) is 0 Å². The molecule has 0 aliphatic carbocycles. The maximum atomic E-state index is 3.67. The summed E-state index contributed by atoms with van der Waals surface area (Å²) >= 11 is 0. The zero-order chi connectivity index (χ0) is 12.9. The highest BCUT2D eigenvalue weighted by Crippen LogP contribution is 2.20. The Morgan fingerprint density at radius 3 is 2.65 bits per heavy atom. The van der Waals surface area contributed by atoms with E-state index in [0.717, 1.165) is 19.4 Å². The second-order valence-corrected chi connectivity index (χ2v) is 4.06. The van der Waals surface area contributed by atoms with Crippen molar-refractivity contribution < 1.29 is 0 Å². The molecule has 0 bridgehead atoms. The van der Waals surface area contributed by atoms with Gasteiger partial charge in [-0.2, -0.15) is 0 Å². The lowest BCUT2D eigenvalue weighted by atomic mass is 9.92. The fraction of sp³-hybridized carbons (Fsp3) is 0.500. The van der Waals surface area contributed by atoms with Gasteiger partial charge < -0.3 is 5.32 Å². The van der Waals surface area contributed by atoms with E-state index in [1.165, 1.54) is 12.0 Å². The van der Waals surface area contributed by atoms with E-state index in [9.17, 15) is 0 Å². The van der Waals surface area contributed by atoms with Crippen LogP contribution in [0.15, 0.2) is 48.7 Å². The molecule has 1 atom stereocenters. The number of rotatable bonds is 9. The third-order valence-corrected chi connectivity index (χ3v) is 2.77. The van der Waals surface area contributed by atoms with Crippen molar-refractivity contribution in [2.45, 2.75) is 40.0 Å². The fourth-order valence-corrected chi connectivity index (χ4v) is 1.80. The topological polar surface area (TPSA) is 12.0 Å². The zero-order valence-electron chi connectivity index (χ0n) is 11.6. The summed E-state index contributed by atoms with van der Waals surface area (Å²) < 4.78 is 0. The summed E-state index contributed by atoms with van der Waals surface area (Å²) in [5.41, 5.74) is 1.42. The molecule has 0 saturated carbocycles. The lowest BCUT2D eigenvalue weighted by Gasteiger charge is -2.16. The van der Waals surface area contributed by atoms with E-state index in [1.54, 1.807) is 6.20 Å². The minimum atomic E-state index is 0.625. The summed E-state index contributed by atoms with van der Waals surface area (Å²) in [6.45, 7) is 11.2. The standard InChI is InChI=1S/C16H27N/c1-5-9-10-12-16(11-6-2)15(7-3)13-14-17-8-4/h6,8-12,15,17H,4-5,7,13-14H2,1-3H3/b10-9+,11-6-,16-12+. The van der Waals surface area contributed by atoms with Crippen molar-refractivity contribution in [3.8, 4) is 0 Å². The van der Waals surface area contributed by atoms with Gasteiger partial charge in [0, 0.05) is 6.54 Å². The molecule has 0 amide bonds. The van der Waals surface area contributed by atoms with Crippen LogP contribution in [0.1, 0.15) is 40.0 Å². The molecular formula is C16H27N. The van der Waals surface area contributed by atoms with Gasteiger partial charge in [-0.05, 0) is 43.9 Å². The number of hydrogen-bond acceptors (Lipinski definition) is 1. The normalized spacial score (nSPS) is 14.4. The number of nitrogens with one attached hydrogen (secondary N) is 1. The molecule has 0 aromatic carbocycles. The van der Waals surface area contributed by atoms with Crippen LogP contribution in [-0.4, -0.2) is 6.54 Å². The average Bonchev–Trinajstić information content (AvgIpc) is 2.34. The van der Waals surface area contributed by atoms with Gasteiger partial charge in [0.2, 0.25) is 0 Å². The van der Waals surface area contributed by atoms with E-state index in [4.69, 9.17) is 0 Å². The summed E-state index contributed by atoms with van der Waals surface area (Å²) in [6, 6.07) is 0. The van der Waals surface area contributed by atoms with Crippen molar-refractivity contribution in [2.24, 2.45) is 5.92 Å². The highest BCUT2D eigenvalue weighted by molar-refractivity contribution is 5.26. The third kappa shape index (κ3) is 7.62. The molecule has 1 unspecified atom stereocenters. The SMILES string of the molecule is C=CNCCC(CC)C(/C=C\C)=C/C=C/CC. The molecule has 0 heterocycles. The first-order valence-electron chi connectivity index (χ1n) is 6.63. The predicted molar refractivity (Wildman–Crippen MR) is 78.9 cm³/mol. The quantitative estimate of drug-likeness (QED) is 0.453. The Labute approximate surface area is 107 Å². The van der Waals surface area contributed by atoms with Crippen LogP contribution in [0.2, 0.25) is 0 Å². The molecule has 0 aliphatic rings. The Morgan fingerprint density at radius 1 is 1.35 bits per heavy atom. The molecule has 0 aromatic rings. The third-order valence-electron chi connectivity index (χ3n) is 2.77. The van der Waals surface area contributed by atoms with Gasteiger partial charge in [0.15, 0.2) is 0 Å². The molecule has 0 fully saturated rings. The maximum absolute atomic E-state index is 3.67. The molecule has 0 saturated heterocycles. The summed E-state index contributed by atoms with van der Waals surface area (Å²) in [7, 11) is 0. The van der Waals surface area contributed by atoms with E-state index in [0.29, 0.717) is 5.92 Å². The molecule has 0 aliphatic heterocycles. The van der Waals surface area contributed by atoms with Crippen LogP contribution >= 0.6 is 0 Å². The van der Waals surface area contributed by atoms with E-state index in [2.05, 4.69) is 63.0 Å². The fourth-order valence-electron chi connectivity index (χ4n) is 1.80. The van der Waals surface area contributed by atoms with Crippen molar-refractivity contribution in [1.82, 2.24) is 5.32 Å². The summed E-state index contributed by atoms with van der Waals surface area (Å²) in [4.78, 5) is 0. The van der Waals surface area contributed by atoms with Gasteiger partial charge >= 0.3 is 0 Å². The molecule has 1 nitrogen and oxygen atoms in total. The molecular weight excluding hydrogens is 206 g/mol. The monoisotopic (exact) mass is 233 g/mol. The van der Waals surface area contributed by atoms with Crippen molar-refractivity contribution >= 4 is 0 Å². The van der Waals surface area contributed by atoms with Crippen LogP contribution < -0.4 is 5.32 Å². The summed E-state index contributed by atoms with van der Waals surface area (Å²) in [6.07, 6.45) is 16.1. The first-order valence-corrected chi connectivity index (χ1v) is 6.63. The smallest absolute Gasteiger partial charge is 0.0147 e. The maximum Gasteiger partial charge on any atom is 0.0147 e. The van der Waals surface area contributed by atoms with Crippen molar-refractivity contribution in [2.75, 3.05) is 6.54 Å². The predicted octanol–water partition coefficient (Wildman–Crippen LogP) is 4.60.